The number of ether oxygens (including phenoxy) is 1. The van der Waals surface area contributed by atoms with E-state index in [1.54, 1.807) is 11.8 Å². The minimum Gasteiger partial charge on any atom is -0.477 e. The van der Waals surface area contributed by atoms with Gasteiger partial charge in [0, 0.05) is 17.7 Å². The molecule has 1 fully saturated rings. The molecule has 0 spiro atoms. The molecule has 1 saturated heterocycles. The maximum atomic E-state index is 11.4. The minimum absolute atomic E-state index is 0.255. The van der Waals surface area contributed by atoms with Crippen LogP contribution in [0.1, 0.15) is 22.3 Å². The summed E-state index contributed by atoms with van der Waals surface area (Å²) in [5.41, 5.74) is -0.996. The highest BCUT2D eigenvalue weighted by Crippen LogP contribution is 2.23. The van der Waals surface area contributed by atoms with Crippen LogP contribution < -0.4 is 5.56 Å². The molecular formula is C9H10N2O4S. The van der Waals surface area contributed by atoms with Crippen LogP contribution in [0.5, 0.6) is 0 Å². The van der Waals surface area contributed by atoms with Crippen molar-refractivity contribution in [3.8, 4) is 0 Å². The molecule has 1 atom stereocenters. The van der Waals surface area contributed by atoms with E-state index in [1.807, 2.05) is 0 Å². The number of nitrogens with zero attached hydrogens (tertiary/aromatic N) is 1. The molecule has 0 bridgehead atoms. The fourth-order valence-corrected chi connectivity index (χ4v) is 2.22. The van der Waals surface area contributed by atoms with Gasteiger partial charge in [-0.25, -0.2) is 9.78 Å². The van der Waals surface area contributed by atoms with Crippen molar-refractivity contribution < 1.29 is 14.6 Å². The first-order valence-corrected chi connectivity index (χ1v) is 5.86. The number of aromatic nitrogens is 2. The molecule has 2 N–H and O–H groups in total. The van der Waals surface area contributed by atoms with E-state index in [0.717, 1.165) is 17.7 Å². The fraction of sp³-hybridized carbons (Fsp3) is 0.444. The van der Waals surface area contributed by atoms with Gasteiger partial charge in [0.05, 0.1) is 6.61 Å². The van der Waals surface area contributed by atoms with Crippen LogP contribution >= 0.6 is 11.8 Å². The lowest BCUT2D eigenvalue weighted by atomic mass is 10.3. The number of hydrogen-bond acceptors (Lipinski definition) is 5. The normalized spacial score (nSPS) is 20.6. The van der Waals surface area contributed by atoms with Gasteiger partial charge in [0.2, 0.25) is 0 Å². The Morgan fingerprint density at radius 3 is 3.06 bits per heavy atom. The van der Waals surface area contributed by atoms with Crippen LogP contribution in [0.2, 0.25) is 0 Å². The Morgan fingerprint density at radius 2 is 2.50 bits per heavy atom. The lowest BCUT2D eigenvalue weighted by Crippen LogP contribution is -2.25. The predicted molar refractivity (Wildman–Crippen MR) is 57.8 cm³/mol. The largest absolute Gasteiger partial charge is 0.477 e. The minimum atomic E-state index is -1.28. The zero-order chi connectivity index (χ0) is 11.5. The van der Waals surface area contributed by atoms with Crippen molar-refractivity contribution >= 4 is 17.7 Å². The average molecular weight is 242 g/mol. The molecular weight excluding hydrogens is 232 g/mol. The average Bonchev–Trinajstić information content (AvgIpc) is 2.29. The number of carboxylic acid groups (broad SMARTS) is 1. The first-order chi connectivity index (χ1) is 7.68. The van der Waals surface area contributed by atoms with Gasteiger partial charge in [0.1, 0.15) is 17.5 Å². The summed E-state index contributed by atoms with van der Waals surface area (Å²) in [6, 6.07) is 0. The Balaban J connectivity index is 2.26. The first-order valence-electron chi connectivity index (χ1n) is 4.70. The molecule has 0 aliphatic carbocycles. The van der Waals surface area contributed by atoms with Crippen LogP contribution in [0.4, 0.5) is 0 Å². The van der Waals surface area contributed by atoms with Crippen molar-refractivity contribution in [3.05, 3.63) is 27.9 Å². The van der Waals surface area contributed by atoms with E-state index in [4.69, 9.17) is 9.84 Å². The van der Waals surface area contributed by atoms with Crippen LogP contribution in [-0.4, -0.2) is 39.2 Å². The molecule has 1 aliphatic heterocycles. The topological polar surface area (TPSA) is 92.3 Å². The summed E-state index contributed by atoms with van der Waals surface area (Å²) in [5, 5.41) is 8.67. The Morgan fingerprint density at radius 1 is 1.69 bits per heavy atom. The van der Waals surface area contributed by atoms with Crippen molar-refractivity contribution in [2.24, 2.45) is 0 Å². The third-order valence-electron chi connectivity index (χ3n) is 2.17. The third-order valence-corrected chi connectivity index (χ3v) is 3.16. The second kappa shape index (κ2) is 4.67. The molecule has 1 unspecified atom stereocenters. The Hall–Kier alpha value is -1.34. The molecule has 1 aliphatic rings. The summed E-state index contributed by atoms with van der Waals surface area (Å²) in [5.74, 6) is 0.755. The number of rotatable bonds is 2. The van der Waals surface area contributed by atoms with Crippen LogP contribution in [0.3, 0.4) is 0 Å². The quantitative estimate of drug-likeness (QED) is 0.773. The van der Waals surface area contributed by atoms with Gasteiger partial charge in [-0.15, -0.1) is 0 Å². The Bertz CT molecular complexity index is 453. The number of aromatic amines is 1. The lowest BCUT2D eigenvalue weighted by Gasteiger charge is -2.21. The first kappa shape index (κ1) is 11.2. The highest BCUT2D eigenvalue weighted by atomic mass is 32.2. The maximum absolute atomic E-state index is 11.4. The lowest BCUT2D eigenvalue weighted by molar-refractivity contribution is 0.0670. The van der Waals surface area contributed by atoms with Crippen molar-refractivity contribution in [2.45, 2.75) is 6.10 Å². The van der Waals surface area contributed by atoms with Crippen LogP contribution in [0.25, 0.3) is 0 Å². The van der Waals surface area contributed by atoms with Crippen molar-refractivity contribution in [2.75, 3.05) is 18.1 Å². The van der Waals surface area contributed by atoms with E-state index in [2.05, 4.69) is 9.97 Å². The molecule has 0 saturated carbocycles. The fourth-order valence-electron chi connectivity index (χ4n) is 1.37. The second-order valence-corrected chi connectivity index (χ2v) is 4.40. The van der Waals surface area contributed by atoms with Crippen molar-refractivity contribution in [3.63, 3.8) is 0 Å². The number of carboxylic acids is 1. The zero-order valence-electron chi connectivity index (χ0n) is 8.30. The summed E-state index contributed by atoms with van der Waals surface area (Å²) in [6.45, 7) is 0.611. The summed E-state index contributed by atoms with van der Waals surface area (Å²) >= 11 is 1.71. The molecule has 0 radical (unpaired) electrons. The molecule has 1 aromatic heterocycles. The van der Waals surface area contributed by atoms with E-state index < -0.39 is 11.5 Å². The molecule has 86 valence electrons. The van der Waals surface area contributed by atoms with Crippen molar-refractivity contribution in [1.29, 1.82) is 0 Å². The van der Waals surface area contributed by atoms with Gasteiger partial charge < -0.3 is 14.8 Å². The number of nitrogens with one attached hydrogen (secondary N) is 1. The maximum Gasteiger partial charge on any atom is 0.342 e. The Kier molecular flexibility index (Phi) is 3.25. The smallest absolute Gasteiger partial charge is 0.342 e. The summed E-state index contributed by atoms with van der Waals surface area (Å²) in [6.07, 6.45) is 0.813. The van der Waals surface area contributed by atoms with E-state index in [9.17, 15) is 9.59 Å². The number of aromatic carboxylic acids is 1. The van der Waals surface area contributed by atoms with E-state index in [1.165, 1.54) is 0 Å². The molecule has 0 aromatic carbocycles. The van der Waals surface area contributed by atoms with Crippen LogP contribution in [-0.2, 0) is 4.74 Å². The zero-order valence-corrected chi connectivity index (χ0v) is 9.12. The van der Waals surface area contributed by atoms with Gasteiger partial charge in [-0.3, -0.25) is 4.79 Å². The number of carbonyl (C=O) groups is 1. The van der Waals surface area contributed by atoms with Gasteiger partial charge >= 0.3 is 5.97 Å². The predicted octanol–water partition coefficient (Wildman–Crippen LogP) is 0.273. The summed E-state index contributed by atoms with van der Waals surface area (Å²) in [7, 11) is 0. The van der Waals surface area contributed by atoms with Gasteiger partial charge in [-0.1, -0.05) is 0 Å². The van der Waals surface area contributed by atoms with E-state index >= 15 is 0 Å². The summed E-state index contributed by atoms with van der Waals surface area (Å²) < 4.78 is 5.42. The number of thioether (sulfide) groups is 1. The molecule has 7 heteroatoms. The van der Waals surface area contributed by atoms with E-state index in [0.29, 0.717) is 12.4 Å². The SMILES string of the molecule is O=C(O)c1cnc(C2CSCCO2)[nH]c1=O. The number of H-pyrrole nitrogens is 1. The van der Waals surface area contributed by atoms with Crippen LogP contribution in [0, 0.1) is 0 Å². The van der Waals surface area contributed by atoms with Gasteiger partial charge in [0.25, 0.3) is 5.56 Å². The van der Waals surface area contributed by atoms with Gasteiger partial charge in [-0.2, -0.15) is 11.8 Å². The molecule has 16 heavy (non-hydrogen) atoms. The van der Waals surface area contributed by atoms with Gasteiger partial charge in [-0.05, 0) is 0 Å². The molecule has 2 rings (SSSR count). The highest BCUT2D eigenvalue weighted by Gasteiger charge is 2.20. The van der Waals surface area contributed by atoms with Crippen LogP contribution in [0.15, 0.2) is 11.0 Å². The Labute approximate surface area is 95.0 Å². The molecule has 6 nitrogen and oxygen atoms in total. The molecule has 0 amide bonds. The second-order valence-electron chi connectivity index (χ2n) is 3.25. The monoisotopic (exact) mass is 242 g/mol. The number of hydrogen-bond donors (Lipinski definition) is 2. The standard InChI is InChI=1S/C9H10N2O4S/c12-8-5(9(13)14)3-10-7(11-8)6-4-16-2-1-15-6/h3,6H,1-2,4H2,(H,13,14)(H,10,11,12). The highest BCUT2D eigenvalue weighted by molar-refractivity contribution is 7.99. The molecule has 2 heterocycles. The third kappa shape index (κ3) is 2.25. The van der Waals surface area contributed by atoms with Crippen molar-refractivity contribution in [1.82, 2.24) is 9.97 Å². The van der Waals surface area contributed by atoms with E-state index in [-0.39, 0.29) is 11.7 Å². The molecule has 1 aromatic rings. The summed E-state index contributed by atoms with van der Waals surface area (Å²) in [4.78, 5) is 28.4. The van der Waals surface area contributed by atoms with Gasteiger partial charge in [0.15, 0.2) is 0 Å².